The van der Waals surface area contributed by atoms with Gasteiger partial charge < -0.3 is 21.0 Å². The third kappa shape index (κ3) is 4.91. The fourth-order valence-electron chi connectivity index (χ4n) is 1.92. The van der Waals surface area contributed by atoms with Crippen LogP contribution in [-0.2, 0) is 4.74 Å². The third-order valence-electron chi connectivity index (χ3n) is 3.39. The predicted molar refractivity (Wildman–Crippen MR) is 68.3 cm³/mol. The molecule has 100 valence electrons. The van der Waals surface area contributed by atoms with Crippen LogP contribution in [0.4, 0.5) is 0 Å². The van der Waals surface area contributed by atoms with Crippen molar-refractivity contribution in [2.45, 2.75) is 45.6 Å². The first-order valence-corrected chi connectivity index (χ1v) is 6.36. The lowest BCUT2D eigenvalue weighted by molar-refractivity contribution is 0.104. The SMILES string of the molecule is CC(C)(CCNCCC1CCCO1)C(N)=NO. The van der Waals surface area contributed by atoms with Gasteiger partial charge in [-0.05, 0) is 38.8 Å². The molecule has 0 aliphatic carbocycles. The van der Waals surface area contributed by atoms with Crippen LogP contribution in [0.5, 0.6) is 0 Å². The second kappa shape index (κ2) is 6.81. The summed E-state index contributed by atoms with van der Waals surface area (Å²) < 4.78 is 5.54. The van der Waals surface area contributed by atoms with E-state index in [2.05, 4.69) is 10.5 Å². The van der Waals surface area contributed by atoms with Gasteiger partial charge in [0.2, 0.25) is 0 Å². The number of nitrogens with one attached hydrogen (secondary N) is 1. The lowest BCUT2D eigenvalue weighted by Crippen LogP contribution is -2.35. The fourth-order valence-corrected chi connectivity index (χ4v) is 1.92. The van der Waals surface area contributed by atoms with Crippen LogP contribution in [0, 0.1) is 5.41 Å². The Balaban J connectivity index is 2.07. The van der Waals surface area contributed by atoms with Crippen molar-refractivity contribution < 1.29 is 9.94 Å². The van der Waals surface area contributed by atoms with Crippen LogP contribution < -0.4 is 11.1 Å². The van der Waals surface area contributed by atoms with Crippen LogP contribution >= 0.6 is 0 Å². The van der Waals surface area contributed by atoms with E-state index in [0.717, 1.165) is 32.5 Å². The Hall–Kier alpha value is -0.810. The molecule has 0 amide bonds. The first kappa shape index (κ1) is 14.3. The van der Waals surface area contributed by atoms with Crippen molar-refractivity contribution in [1.29, 1.82) is 0 Å². The molecule has 0 aromatic heterocycles. The molecule has 0 saturated carbocycles. The largest absolute Gasteiger partial charge is 0.409 e. The Bertz CT molecular complexity index is 248. The summed E-state index contributed by atoms with van der Waals surface area (Å²) in [6.07, 6.45) is 4.76. The second-order valence-corrected chi connectivity index (χ2v) is 5.29. The highest BCUT2D eigenvalue weighted by atomic mass is 16.5. The van der Waals surface area contributed by atoms with E-state index in [1.165, 1.54) is 12.8 Å². The molecular weight excluding hydrogens is 218 g/mol. The van der Waals surface area contributed by atoms with E-state index < -0.39 is 0 Å². The first-order valence-electron chi connectivity index (χ1n) is 6.36. The highest BCUT2D eigenvalue weighted by Crippen LogP contribution is 2.19. The summed E-state index contributed by atoms with van der Waals surface area (Å²) in [5.74, 6) is 0.290. The number of nitrogens with zero attached hydrogens (tertiary/aromatic N) is 1. The van der Waals surface area contributed by atoms with Crippen LogP contribution in [0.3, 0.4) is 0 Å². The van der Waals surface area contributed by atoms with Crippen molar-refractivity contribution in [1.82, 2.24) is 5.32 Å². The normalized spacial score (nSPS) is 22.0. The van der Waals surface area contributed by atoms with E-state index >= 15 is 0 Å². The zero-order valence-electron chi connectivity index (χ0n) is 10.9. The van der Waals surface area contributed by atoms with Gasteiger partial charge in [-0.3, -0.25) is 0 Å². The van der Waals surface area contributed by atoms with Crippen LogP contribution in [0.15, 0.2) is 5.16 Å². The van der Waals surface area contributed by atoms with E-state index in [9.17, 15) is 0 Å². The summed E-state index contributed by atoms with van der Waals surface area (Å²) in [4.78, 5) is 0. The monoisotopic (exact) mass is 243 g/mol. The summed E-state index contributed by atoms with van der Waals surface area (Å²) >= 11 is 0. The molecule has 1 aliphatic heterocycles. The van der Waals surface area contributed by atoms with Crippen molar-refractivity contribution in [3.8, 4) is 0 Å². The van der Waals surface area contributed by atoms with Gasteiger partial charge in [-0.25, -0.2) is 0 Å². The van der Waals surface area contributed by atoms with E-state index in [0.29, 0.717) is 11.9 Å². The molecular formula is C12H25N3O2. The molecule has 0 aromatic carbocycles. The van der Waals surface area contributed by atoms with Gasteiger partial charge in [0, 0.05) is 12.0 Å². The molecule has 4 N–H and O–H groups in total. The number of amidine groups is 1. The summed E-state index contributed by atoms with van der Waals surface area (Å²) in [5.41, 5.74) is 5.36. The average Bonchev–Trinajstić information content (AvgIpc) is 2.80. The van der Waals surface area contributed by atoms with Gasteiger partial charge in [0.05, 0.1) is 6.10 Å². The van der Waals surface area contributed by atoms with E-state index in [1.807, 2.05) is 13.8 Å². The van der Waals surface area contributed by atoms with Gasteiger partial charge in [-0.1, -0.05) is 19.0 Å². The fraction of sp³-hybridized carbons (Fsp3) is 0.917. The molecule has 0 bridgehead atoms. The van der Waals surface area contributed by atoms with Gasteiger partial charge in [0.25, 0.3) is 0 Å². The van der Waals surface area contributed by atoms with Crippen molar-refractivity contribution in [2.24, 2.45) is 16.3 Å². The van der Waals surface area contributed by atoms with E-state index in [1.54, 1.807) is 0 Å². The number of nitrogens with two attached hydrogens (primary N) is 1. The van der Waals surface area contributed by atoms with Crippen LogP contribution in [0.2, 0.25) is 0 Å². The quantitative estimate of drug-likeness (QED) is 0.207. The lowest BCUT2D eigenvalue weighted by Gasteiger charge is -2.22. The van der Waals surface area contributed by atoms with Crippen molar-refractivity contribution in [3.63, 3.8) is 0 Å². The second-order valence-electron chi connectivity index (χ2n) is 5.29. The van der Waals surface area contributed by atoms with Gasteiger partial charge in [-0.15, -0.1) is 0 Å². The molecule has 0 radical (unpaired) electrons. The standard InChI is InChI=1S/C12H25N3O2/c1-12(2,11(13)15-16)6-8-14-7-5-10-4-3-9-17-10/h10,14,16H,3-9H2,1-2H3,(H2,13,15). The Morgan fingerprint density at radius 1 is 1.53 bits per heavy atom. The molecule has 1 aliphatic rings. The Morgan fingerprint density at radius 2 is 2.29 bits per heavy atom. The molecule has 1 atom stereocenters. The molecule has 0 aromatic rings. The number of hydrogen-bond donors (Lipinski definition) is 3. The van der Waals surface area contributed by atoms with Gasteiger partial charge in [-0.2, -0.15) is 0 Å². The Labute approximate surface area is 103 Å². The lowest BCUT2D eigenvalue weighted by atomic mass is 9.88. The summed E-state index contributed by atoms with van der Waals surface area (Å²) in [6, 6.07) is 0. The Kier molecular flexibility index (Phi) is 5.71. The molecule has 5 heteroatoms. The van der Waals surface area contributed by atoms with Crippen LogP contribution in [-0.4, -0.2) is 36.8 Å². The number of hydrogen-bond acceptors (Lipinski definition) is 4. The zero-order valence-corrected chi connectivity index (χ0v) is 10.9. The molecule has 5 nitrogen and oxygen atoms in total. The summed E-state index contributed by atoms with van der Waals surface area (Å²) in [6.45, 7) is 6.71. The van der Waals surface area contributed by atoms with Crippen molar-refractivity contribution in [3.05, 3.63) is 0 Å². The molecule has 1 saturated heterocycles. The smallest absolute Gasteiger partial charge is 0.144 e. The molecule has 1 fully saturated rings. The van der Waals surface area contributed by atoms with Crippen LogP contribution in [0.1, 0.15) is 39.5 Å². The molecule has 1 heterocycles. The number of ether oxygens (including phenoxy) is 1. The van der Waals surface area contributed by atoms with E-state index in [4.69, 9.17) is 15.7 Å². The van der Waals surface area contributed by atoms with Gasteiger partial charge in [0.15, 0.2) is 0 Å². The maximum atomic E-state index is 8.64. The van der Waals surface area contributed by atoms with Crippen LogP contribution in [0.25, 0.3) is 0 Å². The number of oxime groups is 1. The maximum Gasteiger partial charge on any atom is 0.144 e. The molecule has 1 rings (SSSR count). The third-order valence-corrected chi connectivity index (χ3v) is 3.39. The Morgan fingerprint density at radius 3 is 2.88 bits per heavy atom. The molecule has 1 unspecified atom stereocenters. The highest BCUT2D eigenvalue weighted by Gasteiger charge is 2.22. The minimum Gasteiger partial charge on any atom is -0.409 e. The highest BCUT2D eigenvalue weighted by molar-refractivity contribution is 5.85. The van der Waals surface area contributed by atoms with Gasteiger partial charge in [0.1, 0.15) is 5.84 Å². The summed E-state index contributed by atoms with van der Waals surface area (Å²) in [7, 11) is 0. The molecule has 0 spiro atoms. The maximum absolute atomic E-state index is 8.64. The first-order chi connectivity index (χ1) is 8.06. The number of rotatable bonds is 7. The average molecular weight is 243 g/mol. The minimum absolute atomic E-state index is 0.258. The van der Waals surface area contributed by atoms with Crippen molar-refractivity contribution in [2.75, 3.05) is 19.7 Å². The van der Waals surface area contributed by atoms with E-state index in [-0.39, 0.29) is 5.41 Å². The molecule has 17 heavy (non-hydrogen) atoms. The van der Waals surface area contributed by atoms with Gasteiger partial charge >= 0.3 is 0 Å². The topological polar surface area (TPSA) is 79.9 Å². The predicted octanol–water partition coefficient (Wildman–Crippen LogP) is 1.31. The summed E-state index contributed by atoms with van der Waals surface area (Å²) in [5, 5.41) is 15.1. The minimum atomic E-state index is -0.258. The zero-order chi connectivity index (χ0) is 12.7. The van der Waals surface area contributed by atoms with Crippen molar-refractivity contribution >= 4 is 5.84 Å².